The van der Waals surface area contributed by atoms with Crippen molar-refractivity contribution < 1.29 is 13.9 Å². The molecular weight excluding hydrogens is 414 g/mol. The van der Waals surface area contributed by atoms with Gasteiger partial charge in [-0.25, -0.2) is 4.79 Å². The molecule has 0 aliphatic carbocycles. The molecule has 3 heterocycles. The van der Waals surface area contributed by atoms with Crippen LogP contribution >= 0.6 is 0 Å². The molecule has 2 aromatic carbocycles. The molecule has 1 aliphatic rings. The minimum atomic E-state index is -0.344. The number of nitriles is 1. The summed E-state index contributed by atoms with van der Waals surface area (Å²) in [5, 5.41) is 9.77. The van der Waals surface area contributed by atoms with Crippen molar-refractivity contribution in [2.24, 2.45) is 0 Å². The number of rotatable bonds is 5. The number of furan rings is 1. The smallest absolute Gasteiger partial charge is 0.338 e. The average Bonchev–Trinajstić information content (AvgIpc) is 3.54. The third kappa shape index (κ3) is 3.94. The van der Waals surface area contributed by atoms with E-state index in [0.29, 0.717) is 29.1 Å². The summed E-state index contributed by atoms with van der Waals surface area (Å²) in [6.07, 6.45) is 4.07. The summed E-state index contributed by atoms with van der Waals surface area (Å²) in [6, 6.07) is 19.3. The molecule has 4 aromatic rings. The van der Waals surface area contributed by atoms with Crippen LogP contribution in [-0.2, 0) is 4.74 Å². The van der Waals surface area contributed by atoms with Gasteiger partial charge in [-0.2, -0.15) is 5.26 Å². The van der Waals surface area contributed by atoms with Gasteiger partial charge in [0.15, 0.2) is 5.58 Å². The first-order valence-electron chi connectivity index (χ1n) is 11.1. The van der Waals surface area contributed by atoms with Gasteiger partial charge in [-0.3, -0.25) is 4.98 Å². The number of pyridine rings is 1. The Kier molecular flexibility index (Phi) is 5.54. The Balaban J connectivity index is 1.51. The molecular formula is C27H23N3O3. The van der Waals surface area contributed by atoms with Crippen molar-refractivity contribution >= 4 is 22.8 Å². The lowest BCUT2D eigenvalue weighted by Crippen LogP contribution is -2.18. The van der Waals surface area contributed by atoms with Gasteiger partial charge >= 0.3 is 5.97 Å². The van der Waals surface area contributed by atoms with Crippen molar-refractivity contribution in [1.29, 1.82) is 5.26 Å². The van der Waals surface area contributed by atoms with E-state index in [-0.39, 0.29) is 5.97 Å². The van der Waals surface area contributed by atoms with Crippen LogP contribution in [0.3, 0.4) is 0 Å². The zero-order valence-electron chi connectivity index (χ0n) is 18.4. The van der Waals surface area contributed by atoms with Gasteiger partial charge in [0, 0.05) is 36.5 Å². The van der Waals surface area contributed by atoms with Crippen molar-refractivity contribution in [3.8, 4) is 28.5 Å². The maximum absolute atomic E-state index is 11.9. The van der Waals surface area contributed by atoms with E-state index in [1.165, 1.54) is 0 Å². The fraction of sp³-hybridized carbons (Fsp3) is 0.222. The molecule has 1 saturated heterocycles. The number of fused-ring (bicyclic) bond motifs is 1. The molecule has 0 atom stereocenters. The summed E-state index contributed by atoms with van der Waals surface area (Å²) < 4.78 is 11.3. The Morgan fingerprint density at radius 3 is 2.58 bits per heavy atom. The molecule has 0 amide bonds. The molecule has 164 valence electrons. The lowest BCUT2D eigenvalue weighted by molar-refractivity contribution is 0.0526. The van der Waals surface area contributed by atoms with Crippen LogP contribution in [-0.4, -0.2) is 30.6 Å². The largest absolute Gasteiger partial charge is 0.462 e. The fourth-order valence-corrected chi connectivity index (χ4v) is 4.32. The number of carbonyl (C=O) groups is 1. The lowest BCUT2D eigenvalue weighted by Gasteiger charge is -2.19. The van der Waals surface area contributed by atoms with Crippen molar-refractivity contribution in [2.75, 3.05) is 24.6 Å². The van der Waals surface area contributed by atoms with Crippen LogP contribution in [0, 0.1) is 11.3 Å². The third-order valence-corrected chi connectivity index (χ3v) is 5.97. The van der Waals surface area contributed by atoms with Gasteiger partial charge in [0.2, 0.25) is 0 Å². The van der Waals surface area contributed by atoms with Crippen LogP contribution in [0.2, 0.25) is 0 Å². The number of esters is 1. The number of benzene rings is 2. The van der Waals surface area contributed by atoms with Crippen molar-refractivity contribution in [3.63, 3.8) is 0 Å². The Bertz CT molecular complexity index is 1360. The van der Waals surface area contributed by atoms with Gasteiger partial charge in [0.05, 0.1) is 23.4 Å². The van der Waals surface area contributed by atoms with Gasteiger partial charge in [0.25, 0.3) is 0 Å². The van der Waals surface area contributed by atoms with Crippen molar-refractivity contribution in [3.05, 3.63) is 71.9 Å². The molecule has 6 heteroatoms. The van der Waals surface area contributed by atoms with Gasteiger partial charge < -0.3 is 14.1 Å². The summed E-state index contributed by atoms with van der Waals surface area (Å²) >= 11 is 0. The predicted molar refractivity (Wildman–Crippen MR) is 127 cm³/mol. The SMILES string of the molecule is CCOC(=O)c1ccc(-c2cc3nccc(-c4ccc(N5CCCC5)c(C#N)c4)c3o2)cc1. The van der Waals surface area contributed by atoms with Crippen LogP contribution in [0.1, 0.15) is 35.7 Å². The Labute approximate surface area is 192 Å². The molecule has 33 heavy (non-hydrogen) atoms. The number of nitrogens with zero attached hydrogens (tertiary/aromatic N) is 3. The summed E-state index contributed by atoms with van der Waals surface area (Å²) in [5.74, 6) is 0.317. The quantitative estimate of drug-likeness (QED) is 0.367. The molecule has 0 spiro atoms. The molecule has 0 radical (unpaired) electrons. The summed E-state index contributed by atoms with van der Waals surface area (Å²) in [4.78, 5) is 18.7. The van der Waals surface area contributed by atoms with Crippen LogP contribution in [0.4, 0.5) is 5.69 Å². The standard InChI is InChI=1S/C27H23N3O3/c1-2-32-27(31)19-7-5-18(6-8-19)25-16-23-26(33-25)22(11-12-29-23)20-9-10-24(21(15-20)17-28)30-13-3-4-14-30/h5-12,15-16H,2-4,13-14H2,1H3. The van der Waals surface area contributed by atoms with E-state index in [1.807, 2.05) is 42.5 Å². The highest BCUT2D eigenvalue weighted by Crippen LogP contribution is 2.36. The maximum atomic E-state index is 11.9. The third-order valence-electron chi connectivity index (χ3n) is 5.97. The number of anilines is 1. The van der Waals surface area contributed by atoms with E-state index in [9.17, 15) is 10.1 Å². The Morgan fingerprint density at radius 1 is 1.09 bits per heavy atom. The van der Waals surface area contributed by atoms with Crippen LogP contribution in [0.15, 0.2) is 65.2 Å². The second-order valence-corrected chi connectivity index (χ2v) is 8.02. The molecule has 1 fully saturated rings. The maximum Gasteiger partial charge on any atom is 0.338 e. The molecule has 0 bridgehead atoms. The van der Waals surface area contributed by atoms with E-state index in [2.05, 4.69) is 16.0 Å². The summed E-state index contributed by atoms with van der Waals surface area (Å²) in [5.41, 5.74) is 6.21. The Hall–Kier alpha value is -4.11. The van der Waals surface area contributed by atoms with E-state index < -0.39 is 0 Å². The Morgan fingerprint density at radius 2 is 1.85 bits per heavy atom. The average molecular weight is 437 g/mol. The molecule has 0 N–H and O–H groups in total. The first kappa shape index (κ1) is 20.8. The van der Waals surface area contributed by atoms with Crippen molar-refractivity contribution in [2.45, 2.75) is 19.8 Å². The first-order valence-corrected chi connectivity index (χ1v) is 11.1. The number of carbonyl (C=O) groups excluding carboxylic acids is 1. The van der Waals surface area contributed by atoms with E-state index in [4.69, 9.17) is 9.15 Å². The zero-order chi connectivity index (χ0) is 22.8. The predicted octanol–water partition coefficient (Wildman–Crippen LogP) is 5.81. The zero-order valence-corrected chi connectivity index (χ0v) is 18.4. The molecule has 0 unspecified atom stereocenters. The highest BCUT2D eigenvalue weighted by Gasteiger charge is 2.18. The normalized spacial score (nSPS) is 13.3. The lowest BCUT2D eigenvalue weighted by atomic mass is 10.0. The van der Waals surface area contributed by atoms with Crippen LogP contribution in [0.25, 0.3) is 33.6 Å². The second kappa shape index (κ2) is 8.79. The molecule has 1 aliphatic heterocycles. The minimum absolute atomic E-state index is 0.338. The topological polar surface area (TPSA) is 79.4 Å². The van der Waals surface area contributed by atoms with Gasteiger partial charge in [-0.05, 0) is 55.7 Å². The first-order chi connectivity index (χ1) is 16.2. The number of hydrogen-bond acceptors (Lipinski definition) is 6. The highest BCUT2D eigenvalue weighted by molar-refractivity contribution is 5.94. The van der Waals surface area contributed by atoms with Crippen LogP contribution < -0.4 is 4.90 Å². The molecule has 2 aromatic heterocycles. The van der Waals surface area contributed by atoms with Gasteiger partial charge in [0.1, 0.15) is 17.3 Å². The van der Waals surface area contributed by atoms with Crippen molar-refractivity contribution in [1.82, 2.24) is 4.98 Å². The number of hydrogen-bond donors (Lipinski definition) is 0. The molecule has 0 saturated carbocycles. The van der Waals surface area contributed by atoms with Gasteiger partial charge in [-0.15, -0.1) is 0 Å². The monoisotopic (exact) mass is 437 g/mol. The summed E-state index contributed by atoms with van der Waals surface area (Å²) in [7, 11) is 0. The molecule has 5 rings (SSSR count). The van der Waals surface area contributed by atoms with Crippen LogP contribution in [0.5, 0.6) is 0 Å². The van der Waals surface area contributed by atoms with Gasteiger partial charge in [-0.1, -0.05) is 18.2 Å². The summed E-state index contributed by atoms with van der Waals surface area (Å²) in [6.45, 7) is 4.10. The highest BCUT2D eigenvalue weighted by atomic mass is 16.5. The van der Waals surface area contributed by atoms with E-state index in [1.54, 1.807) is 25.3 Å². The number of aromatic nitrogens is 1. The van der Waals surface area contributed by atoms with E-state index >= 15 is 0 Å². The fourth-order valence-electron chi connectivity index (χ4n) is 4.32. The number of ether oxygens (including phenoxy) is 1. The minimum Gasteiger partial charge on any atom is -0.462 e. The molecule has 6 nitrogen and oxygen atoms in total. The second-order valence-electron chi connectivity index (χ2n) is 8.02. The van der Waals surface area contributed by atoms with E-state index in [0.717, 1.165) is 53.8 Å².